The van der Waals surface area contributed by atoms with Crippen LogP contribution in [0, 0.1) is 11.8 Å². The van der Waals surface area contributed by atoms with Crippen molar-refractivity contribution in [2.75, 3.05) is 13.1 Å². The van der Waals surface area contributed by atoms with Crippen LogP contribution in [0.4, 0.5) is 4.39 Å². The van der Waals surface area contributed by atoms with E-state index < -0.39 is 5.92 Å². The van der Waals surface area contributed by atoms with Crippen LogP contribution in [-0.4, -0.2) is 34.7 Å². The number of aromatic nitrogens is 1. The van der Waals surface area contributed by atoms with Crippen LogP contribution in [0.2, 0.25) is 0 Å². The molecule has 3 aliphatic rings. The van der Waals surface area contributed by atoms with Crippen LogP contribution in [0.3, 0.4) is 0 Å². The second kappa shape index (κ2) is 6.50. The van der Waals surface area contributed by atoms with Gasteiger partial charge < -0.3 is 15.2 Å². The monoisotopic (exact) mass is 342 g/mol. The van der Waals surface area contributed by atoms with Gasteiger partial charge in [-0.2, -0.15) is 0 Å². The molecule has 1 saturated carbocycles. The molecule has 1 amide bonds. The third-order valence-corrected chi connectivity index (χ3v) is 5.08. The van der Waals surface area contributed by atoms with E-state index in [1.165, 1.54) is 19.0 Å². The van der Waals surface area contributed by atoms with Gasteiger partial charge in [0.15, 0.2) is 0 Å². The Hall–Kier alpha value is -2.37. The normalized spacial score (nSPS) is 24.4. The van der Waals surface area contributed by atoms with Crippen molar-refractivity contribution < 1.29 is 9.18 Å². The van der Waals surface area contributed by atoms with Crippen molar-refractivity contribution in [1.29, 1.82) is 0 Å². The van der Waals surface area contributed by atoms with Crippen LogP contribution in [0.25, 0.3) is 0 Å². The molecule has 2 atom stereocenters. The molecule has 3 heterocycles. The van der Waals surface area contributed by atoms with Gasteiger partial charge in [-0.3, -0.25) is 4.79 Å². The molecule has 5 nitrogen and oxygen atoms in total. The van der Waals surface area contributed by atoms with Crippen molar-refractivity contribution in [2.45, 2.75) is 32.1 Å². The van der Waals surface area contributed by atoms with Crippen molar-refractivity contribution in [1.82, 2.24) is 15.2 Å². The number of aromatic amines is 1. The van der Waals surface area contributed by atoms with Crippen LogP contribution in [-0.2, 0) is 0 Å². The Kier molecular flexibility index (Phi) is 4.19. The van der Waals surface area contributed by atoms with Crippen LogP contribution in [0.1, 0.15) is 48.2 Å². The largest absolute Gasteiger partial charge is 0.357 e. The summed E-state index contributed by atoms with van der Waals surface area (Å²) >= 11 is 0. The number of nitrogens with zero attached hydrogens (tertiary/aromatic N) is 2. The van der Waals surface area contributed by atoms with Gasteiger partial charge in [0.05, 0.1) is 12.1 Å². The van der Waals surface area contributed by atoms with E-state index in [9.17, 15) is 9.18 Å². The van der Waals surface area contributed by atoms with Crippen LogP contribution in [0.5, 0.6) is 0 Å². The third kappa shape index (κ3) is 3.13. The number of rotatable bonds is 6. The Bertz CT molecular complexity index is 759. The SMILES string of the molecule is CCCN(CC1CC1)C(=O)c1cc(C2C(F)=CN=C3NC=CC32)c[nH]1. The minimum atomic E-state index is -0.431. The molecular weight excluding hydrogens is 319 g/mol. The lowest BCUT2D eigenvalue weighted by Crippen LogP contribution is -2.33. The predicted octanol–water partition coefficient (Wildman–Crippen LogP) is 3.32. The fourth-order valence-electron chi connectivity index (χ4n) is 3.61. The molecule has 2 aliphatic heterocycles. The zero-order valence-electron chi connectivity index (χ0n) is 14.3. The minimum absolute atomic E-state index is 0.00850. The molecule has 1 aromatic heterocycles. The Morgan fingerprint density at radius 1 is 1.44 bits per heavy atom. The maximum Gasteiger partial charge on any atom is 0.270 e. The summed E-state index contributed by atoms with van der Waals surface area (Å²) in [5, 5.41) is 3.04. The van der Waals surface area contributed by atoms with Crippen molar-refractivity contribution in [3.63, 3.8) is 0 Å². The number of carbonyl (C=O) groups excluding carboxylic acids is 1. The molecule has 0 bridgehead atoms. The zero-order valence-corrected chi connectivity index (χ0v) is 14.3. The minimum Gasteiger partial charge on any atom is -0.357 e. The Morgan fingerprint density at radius 2 is 2.28 bits per heavy atom. The van der Waals surface area contributed by atoms with Crippen LogP contribution in [0.15, 0.2) is 41.6 Å². The van der Waals surface area contributed by atoms with E-state index in [4.69, 9.17) is 0 Å². The lowest BCUT2D eigenvalue weighted by Gasteiger charge is -2.23. The van der Waals surface area contributed by atoms with Crippen molar-refractivity contribution in [3.05, 3.63) is 47.8 Å². The third-order valence-electron chi connectivity index (χ3n) is 5.08. The fourth-order valence-corrected chi connectivity index (χ4v) is 3.61. The standard InChI is InChI=1S/C19H23FN4O/c1-2-7-24(11-12-3-4-12)19(25)16-8-13(9-22-16)17-14-5-6-21-18(14)23-10-15(17)20/h5-6,8-10,12,14,17,22H,2-4,7,11H2,1H3,(H,21,23). The van der Waals surface area contributed by atoms with E-state index >= 15 is 0 Å². The number of aliphatic imine (C=N–C) groups is 1. The van der Waals surface area contributed by atoms with Crippen LogP contribution >= 0.6 is 0 Å². The van der Waals surface area contributed by atoms with Crippen molar-refractivity contribution in [2.24, 2.45) is 16.8 Å². The summed E-state index contributed by atoms with van der Waals surface area (Å²) in [7, 11) is 0. The molecule has 1 fully saturated rings. The van der Waals surface area contributed by atoms with Gasteiger partial charge in [-0.15, -0.1) is 0 Å². The Balaban J connectivity index is 1.55. The quantitative estimate of drug-likeness (QED) is 0.833. The maximum atomic E-state index is 14.4. The summed E-state index contributed by atoms with van der Waals surface area (Å²) in [5.74, 6) is 0.568. The molecule has 25 heavy (non-hydrogen) atoms. The molecule has 1 aliphatic carbocycles. The smallest absolute Gasteiger partial charge is 0.270 e. The van der Waals surface area contributed by atoms with E-state index in [0.29, 0.717) is 11.6 Å². The number of hydrogen-bond donors (Lipinski definition) is 2. The number of hydrogen-bond acceptors (Lipinski definition) is 3. The number of amidine groups is 1. The highest BCUT2D eigenvalue weighted by molar-refractivity contribution is 5.94. The van der Waals surface area contributed by atoms with E-state index in [2.05, 4.69) is 22.2 Å². The van der Waals surface area contributed by atoms with Gasteiger partial charge in [-0.25, -0.2) is 9.38 Å². The number of fused-ring (bicyclic) bond motifs is 1. The first-order chi connectivity index (χ1) is 12.2. The Labute approximate surface area is 146 Å². The van der Waals surface area contributed by atoms with Gasteiger partial charge in [0.1, 0.15) is 17.4 Å². The summed E-state index contributed by atoms with van der Waals surface area (Å²) in [6.45, 7) is 3.66. The van der Waals surface area contributed by atoms with E-state index in [-0.39, 0.29) is 17.7 Å². The second-order valence-corrected chi connectivity index (χ2v) is 7.08. The Morgan fingerprint density at radius 3 is 3.04 bits per heavy atom. The molecule has 4 rings (SSSR count). The average molecular weight is 342 g/mol. The summed E-state index contributed by atoms with van der Waals surface area (Å²) in [6, 6.07) is 1.80. The maximum absolute atomic E-state index is 14.4. The number of H-pyrrole nitrogens is 1. The van der Waals surface area contributed by atoms with E-state index in [1.807, 2.05) is 11.0 Å². The van der Waals surface area contributed by atoms with Gasteiger partial charge in [0.25, 0.3) is 5.91 Å². The molecule has 132 valence electrons. The molecule has 1 aromatic rings. The van der Waals surface area contributed by atoms with E-state index in [0.717, 1.165) is 30.9 Å². The zero-order chi connectivity index (χ0) is 17.4. The number of amides is 1. The van der Waals surface area contributed by atoms with Gasteiger partial charge in [-0.05, 0) is 43.0 Å². The molecule has 6 heteroatoms. The summed E-state index contributed by atoms with van der Waals surface area (Å²) in [5.41, 5.74) is 1.32. The molecular formula is C19H23FN4O. The number of carbonyl (C=O) groups is 1. The van der Waals surface area contributed by atoms with Gasteiger partial charge in [0, 0.05) is 25.2 Å². The average Bonchev–Trinajstić information content (AvgIpc) is 3.10. The van der Waals surface area contributed by atoms with Gasteiger partial charge >= 0.3 is 0 Å². The number of nitrogens with one attached hydrogen (secondary N) is 2. The van der Waals surface area contributed by atoms with Gasteiger partial charge in [0.2, 0.25) is 0 Å². The highest BCUT2D eigenvalue weighted by Gasteiger charge is 2.35. The first-order valence-corrected chi connectivity index (χ1v) is 9.01. The number of halogens is 1. The molecule has 0 spiro atoms. The highest BCUT2D eigenvalue weighted by atomic mass is 19.1. The lowest BCUT2D eigenvalue weighted by molar-refractivity contribution is 0.0742. The molecule has 0 saturated heterocycles. The highest BCUT2D eigenvalue weighted by Crippen LogP contribution is 2.39. The predicted molar refractivity (Wildman–Crippen MR) is 94.8 cm³/mol. The molecule has 2 unspecified atom stereocenters. The molecule has 0 radical (unpaired) electrons. The summed E-state index contributed by atoms with van der Waals surface area (Å²) < 4.78 is 14.4. The van der Waals surface area contributed by atoms with Crippen molar-refractivity contribution in [3.8, 4) is 0 Å². The van der Waals surface area contributed by atoms with Gasteiger partial charge in [-0.1, -0.05) is 13.0 Å². The lowest BCUT2D eigenvalue weighted by atomic mass is 9.85. The van der Waals surface area contributed by atoms with E-state index in [1.54, 1.807) is 18.5 Å². The topological polar surface area (TPSA) is 60.5 Å². The van der Waals surface area contributed by atoms with Crippen molar-refractivity contribution >= 4 is 11.7 Å². The first-order valence-electron chi connectivity index (χ1n) is 9.01. The molecule has 2 N–H and O–H groups in total. The van der Waals surface area contributed by atoms with Crippen LogP contribution < -0.4 is 5.32 Å². The first kappa shape index (κ1) is 16.1. The summed E-state index contributed by atoms with van der Waals surface area (Å²) in [6.07, 6.45) is 10.1. The second-order valence-electron chi connectivity index (χ2n) is 7.08. The fraction of sp³-hybridized carbons (Fsp3) is 0.474. The number of allylic oxidation sites excluding steroid dienone is 1. The molecule has 0 aromatic carbocycles. The summed E-state index contributed by atoms with van der Waals surface area (Å²) in [4.78, 5) is 21.9.